The molecule has 2 aromatic rings. The molecule has 7 heteroatoms. The Morgan fingerprint density at radius 3 is 3.00 bits per heavy atom. The van der Waals surface area contributed by atoms with Gasteiger partial charge in [-0.25, -0.2) is 9.37 Å². The lowest BCUT2D eigenvalue weighted by molar-refractivity contribution is 0.102. The second-order valence-electron chi connectivity index (χ2n) is 4.54. The molecule has 1 aromatic carbocycles. The molecule has 1 heterocycles. The molecular weight excluding hydrogens is 365 g/mol. The minimum absolute atomic E-state index is 0.173. The molecule has 0 radical (unpaired) electrons. The van der Waals surface area contributed by atoms with Crippen LogP contribution in [0.4, 0.5) is 10.2 Å². The van der Waals surface area contributed by atoms with Gasteiger partial charge in [0.1, 0.15) is 5.82 Å². The van der Waals surface area contributed by atoms with Gasteiger partial charge in [-0.2, -0.15) is 5.26 Å². The van der Waals surface area contributed by atoms with Crippen LogP contribution in [0.15, 0.2) is 41.0 Å². The van der Waals surface area contributed by atoms with Crippen LogP contribution in [0, 0.1) is 17.1 Å². The van der Waals surface area contributed by atoms with Crippen LogP contribution in [-0.4, -0.2) is 17.5 Å². The summed E-state index contributed by atoms with van der Waals surface area (Å²) in [4.78, 5) is 16.2. The first kappa shape index (κ1) is 16.9. The number of carbonyl (C=O) groups is 1. The van der Waals surface area contributed by atoms with E-state index in [0.29, 0.717) is 25.2 Å². The molecule has 0 bridgehead atoms. The number of anilines is 1. The van der Waals surface area contributed by atoms with Gasteiger partial charge >= 0.3 is 0 Å². The highest BCUT2D eigenvalue weighted by molar-refractivity contribution is 9.10. The quantitative estimate of drug-likeness (QED) is 0.774. The number of benzene rings is 1. The number of ether oxygens (including phenoxy) is 1. The van der Waals surface area contributed by atoms with E-state index >= 15 is 0 Å². The maximum Gasteiger partial charge on any atom is 0.257 e. The van der Waals surface area contributed by atoms with Gasteiger partial charge in [0.05, 0.1) is 17.1 Å². The minimum Gasteiger partial charge on any atom is -0.490 e. The third-order valence-corrected chi connectivity index (χ3v) is 3.52. The molecule has 1 aromatic heterocycles. The van der Waals surface area contributed by atoms with Crippen molar-refractivity contribution in [3.05, 3.63) is 52.4 Å². The highest BCUT2D eigenvalue weighted by Gasteiger charge is 2.12. The minimum atomic E-state index is -0.522. The van der Waals surface area contributed by atoms with E-state index in [0.717, 1.165) is 6.07 Å². The van der Waals surface area contributed by atoms with E-state index in [4.69, 9.17) is 10.00 Å². The summed E-state index contributed by atoms with van der Waals surface area (Å²) in [6, 6.07) is 9.46. The van der Waals surface area contributed by atoms with Crippen LogP contribution in [0.1, 0.15) is 23.2 Å². The third-order valence-electron chi connectivity index (χ3n) is 2.87. The van der Waals surface area contributed by atoms with Crippen molar-refractivity contribution in [2.75, 3.05) is 11.9 Å². The molecule has 0 aliphatic carbocycles. The molecule has 2 rings (SSSR count). The molecule has 118 valence electrons. The van der Waals surface area contributed by atoms with E-state index in [2.05, 4.69) is 26.2 Å². The Balaban J connectivity index is 2.08. The standard InChI is InChI=1S/C16H13BrFN3O2/c17-12-6-5-11(10-13(12)18)16(22)21-15-14(4-3-8-20-15)23-9-2-1-7-19/h3-6,8,10H,1-2,9H2,(H,20,21,22). The summed E-state index contributed by atoms with van der Waals surface area (Å²) in [6.07, 6.45) is 2.48. The Labute approximate surface area is 141 Å². The van der Waals surface area contributed by atoms with Gasteiger partial charge in [-0.3, -0.25) is 4.79 Å². The summed E-state index contributed by atoms with van der Waals surface area (Å²) in [6.45, 7) is 0.342. The van der Waals surface area contributed by atoms with E-state index in [1.165, 1.54) is 18.3 Å². The highest BCUT2D eigenvalue weighted by Crippen LogP contribution is 2.23. The average Bonchev–Trinajstić information content (AvgIpc) is 2.55. The van der Waals surface area contributed by atoms with E-state index in [-0.39, 0.29) is 15.9 Å². The summed E-state index contributed by atoms with van der Waals surface area (Å²) in [5.74, 6) is -0.363. The largest absolute Gasteiger partial charge is 0.490 e. The number of nitrogens with one attached hydrogen (secondary N) is 1. The summed E-state index contributed by atoms with van der Waals surface area (Å²) < 4.78 is 19.3. The van der Waals surface area contributed by atoms with Gasteiger partial charge in [0.25, 0.3) is 5.91 Å². The predicted molar refractivity (Wildman–Crippen MR) is 86.6 cm³/mol. The molecule has 1 N–H and O–H groups in total. The molecule has 0 unspecified atom stereocenters. The smallest absolute Gasteiger partial charge is 0.257 e. The van der Waals surface area contributed by atoms with Crippen molar-refractivity contribution >= 4 is 27.7 Å². The second-order valence-corrected chi connectivity index (χ2v) is 5.40. The number of pyridine rings is 1. The van der Waals surface area contributed by atoms with Crippen LogP contribution in [0.3, 0.4) is 0 Å². The first-order chi connectivity index (χ1) is 11.1. The third kappa shape index (κ3) is 4.76. The first-order valence-electron chi connectivity index (χ1n) is 6.83. The van der Waals surface area contributed by atoms with Gasteiger partial charge in [-0.1, -0.05) is 0 Å². The van der Waals surface area contributed by atoms with Gasteiger partial charge in [-0.05, 0) is 52.7 Å². The fourth-order valence-electron chi connectivity index (χ4n) is 1.75. The van der Waals surface area contributed by atoms with Crippen molar-refractivity contribution in [3.8, 4) is 11.8 Å². The molecule has 0 aliphatic rings. The molecule has 0 saturated heterocycles. The molecule has 23 heavy (non-hydrogen) atoms. The average molecular weight is 378 g/mol. The van der Waals surface area contributed by atoms with Crippen LogP contribution < -0.4 is 10.1 Å². The Morgan fingerprint density at radius 2 is 2.26 bits per heavy atom. The van der Waals surface area contributed by atoms with Crippen molar-refractivity contribution in [1.82, 2.24) is 4.98 Å². The van der Waals surface area contributed by atoms with E-state index in [9.17, 15) is 9.18 Å². The fraction of sp³-hybridized carbons (Fsp3) is 0.188. The lowest BCUT2D eigenvalue weighted by atomic mass is 10.2. The molecule has 0 fully saturated rings. The molecular formula is C16H13BrFN3O2. The van der Waals surface area contributed by atoms with Gasteiger partial charge in [-0.15, -0.1) is 0 Å². The monoisotopic (exact) mass is 377 g/mol. The number of hydrogen-bond acceptors (Lipinski definition) is 4. The number of aromatic nitrogens is 1. The van der Waals surface area contributed by atoms with Crippen molar-refractivity contribution in [1.29, 1.82) is 5.26 Å². The maximum atomic E-state index is 13.5. The van der Waals surface area contributed by atoms with Crippen LogP contribution >= 0.6 is 15.9 Å². The molecule has 0 aliphatic heterocycles. The predicted octanol–water partition coefficient (Wildman–Crippen LogP) is 3.92. The number of hydrogen-bond donors (Lipinski definition) is 1. The Morgan fingerprint density at radius 1 is 1.43 bits per heavy atom. The second kappa shape index (κ2) is 8.25. The number of unbranched alkanes of at least 4 members (excludes halogenated alkanes) is 1. The lowest BCUT2D eigenvalue weighted by Gasteiger charge is -2.11. The molecule has 5 nitrogen and oxygen atoms in total. The first-order valence-corrected chi connectivity index (χ1v) is 7.62. The topological polar surface area (TPSA) is 75.0 Å². The number of amides is 1. The summed E-state index contributed by atoms with van der Waals surface area (Å²) in [5.41, 5.74) is 0.173. The normalized spacial score (nSPS) is 9.96. The van der Waals surface area contributed by atoms with Crippen molar-refractivity contribution < 1.29 is 13.9 Å². The highest BCUT2D eigenvalue weighted by atomic mass is 79.9. The van der Waals surface area contributed by atoms with Crippen LogP contribution in [0.2, 0.25) is 0 Å². The summed E-state index contributed by atoms with van der Waals surface area (Å²) >= 11 is 3.04. The number of rotatable bonds is 6. The summed E-state index contributed by atoms with van der Waals surface area (Å²) in [7, 11) is 0. The van der Waals surface area contributed by atoms with Crippen LogP contribution in [0.25, 0.3) is 0 Å². The van der Waals surface area contributed by atoms with E-state index < -0.39 is 11.7 Å². The zero-order valence-electron chi connectivity index (χ0n) is 12.1. The Bertz CT molecular complexity index is 746. The number of halogens is 2. The number of nitrogens with zero attached hydrogens (tertiary/aromatic N) is 2. The number of nitriles is 1. The zero-order valence-corrected chi connectivity index (χ0v) is 13.6. The summed E-state index contributed by atoms with van der Waals surface area (Å²) in [5, 5.41) is 11.1. The maximum absolute atomic E-state index is 13.5. The van der Waals surface area contributed by atoms with Crippen molar-refractivity contribution in [2.24, 2.45) is 0 Å². The fourth-order valence-corrected chi connectivity index (χ4v) is 2.00. The van der Waals surface area contributed by atoms with Crippen LogP contribution in [-0.2, 0) is 0 Å². The Hall–Kier alpha value is -2.46. The molecule has 0 saturated carbocycles. The van der Waals surface area contributed by atoms with Gasteiger partial charge < -0.3 is 10.1 Å². The van der Waals surface area contributed by atoms with E-state index in [1.807, 2.05) is 6.07 Å². The molecule has 0 atom stereocenters. The van der Waals surface area contributed by atoms with Crippen molar-refractivity contribution in [3.63, 3.8) is 0 Å². The van der Waals surface area contributed by atoms with Gasteiger partial charge in [0.2, 0.25) is 0 Å². The molecule has 0 spiro atoms. The van der Waals surface area contributed by atoms with E-state index in [1.54, 1.807) is 12.1 Å². The van der Waals surface area contributed by atoms with Crippen LogP contribution in [0.5, 0.6) is 5.75 Å². The molecule has 1 amide bonds. The lowest BCUT2D eigenvalue weighted by Crippen LogP contribution is -2.14. The van der Waals surface area contributed by atoms with Gasteiger partial charge in [0.15, 0.2) is 11.6 Å². The van der Waals surface area contributed by atoms with Crippen molar-refractivity contribution in [2.45, 2.75) is 12.8 Å². The SMILES string of the molecule is N#CCCCOc1cccnc1NC(=O)c1ccc(Br)c(F)c1. The zero-order chi connectivity index (χ0) is 16.7. The Kier molecular flexibility index (Phi) is 6.06. The van der Waals surface area contributed by atoms with Gasteiger partial charge in [0, 0.05) is 18.2 Å². The number of carbonyl (C=O) groups excluding carboxylic acids is 1.